The minimum Gasteiger partial charge on any atom is -0.324 e. The van der Waals surface area contributed by atoms with E-state index in [1.54, 1.807) is 0 Å². The van der Waals surface area contributed by atoms with E-state index in [2.05, 4.69) is 41.6 Å². The van der Waals surface area contributed by atoms with E-state index in [-0.39, 0.29) is 6.04 Å². The van der Waals surface area contributed by atoms with Gasteiger partial charge in [0.05, 0.1) is 0 Å². The third kappa shape index (κ3) is 1.74. The number of halogens is 1. The summed E-state index contributed by atoms with van der Waals surface area (Å²) >= 11 is 2.37. The van der Waals surface area contributed by atoms with Crippen LogP contribution >= 0.6 is 22.6 Å². The second-order valence-electron chi connectivity index (χ2n) is 3.79. The number of fused-ring (bicyclic) bond motifs is 1. The highest BCUT2D eigenvalue weighted by Crippen LogP contribution is 2.31. The molecule has 1 aliphatic rings. The Morgan fingerprint density at radius 2 is 2.23 bits per heavy atom. The van der Waals surface area contributed by atoms with Crippen LogP contribution in [0.4, 0.5) is 0 Å². The minimum absolute atomic E-state index is 0.275. The number of hydrogen-bond donors (Lipinski definition) is 1. The maximum atomic E-state index is 6.08. The first-order chi connectivity index (χ1) is 6.18. The molecule has 1 nitrogen and oxygen atoms in total. The fraction of sp³-hybridized carbons (Fsp3) is 0.455. The third-order valence-corrected chi connectivity index (χ3v) is 3.44. The van der Waals surface area contributed by atoms with Crippen molar-refractivity contribution in [3.05, 3.63) is 32.4 Å². The van der Waals surface area contributed by atoms with Crippen molar-refractivity contribution >= 4 is 22.6 Å². The summed E-state index contributed by atoms with van der Waals surface area (Å²) in [4.78, 5) is 0. The van der Waals surface area contributed by atoms with Crippen molar-refractivity contribution in [2.45, 2.75) is 32.2 Å². The molecule has 1 unspecified atom stereocenters. The molecule has 0 fully saturated rings. The molecule has 0 amide bonds. The number of benzene rings is 1. The summed E-state index contributed by atoms with van der Waals surface area (Å²) in [6.07, 6.45) is 3.61. The van der Waals surface area contributed by atoms with Gasteiger partial charge in [0.2, 0.25) is 0 Å². The predicted octanol–water partition coefficient (Wildman–Crippen LogP) is 2.94. The molecule has 1 aromatic rings. The Morgan fingerprint density at radius 3 is 3.00 bits per heavy atom. The Kier molecular flexibility index (Phi) is 2.60. The van der Waals surface area contributed by atoms with Crippen LogP contribution in [0, 0.1) is 10.5 Å². The zero-order valence-corrected chi connectivity index (χ0v) is 9.97. The molecule has 0 heterocycles. The highest BCUT2D eigenvalue weighted by molar-refractivity contribution is 14.1. The van der Waals surface area contributed by atoms with Crippen LogP contribution in [0.3, 0.4) is 0 Å². The number of hydrogen-bond acceptors (Lipinski definition) is 1. The molecule has 70 valence electrons. The van der Waals surface area contributed by atoms with Crippen LogP contribution in [-0.2, 0) is 6.42 Å². The van der Waals surface area contributed by atoms with E-state index < -0.39 is 0 Å². The average molecular weight is 287 g/mol. The molecule has 1 atom stereocenters. The Morgan fingerprint density at radius 1 is 1.46 bits per heavy atom. The number of aryl methyl sites for hydroxylation is 1. The maximum absolute atomic E-state index is 6.08. The van der Waals surface area contributed by atoms with Crippen LogP contribution < -0.4 is 5.73 Å². The Hall–Kier alpha value is -0.0900. The topological polar surface area (TPSA) is 26.0 Å². The molecular formula is C11H14IN. The van der Waals surface area contributed by atoms with Gasteiger partial charge < -0.3 is 5.73 Å². The summed E-state index contributed by atoms with van der Waals surface area (Å²) < 4.78 is 1.31. The van der Waals surface area contributed by atoms with Crippen LogP contribution in [0.25, 0.3) is 0 Å². The van der Waals surface area contributed by atoms with Gasteiger partial charge in [0, 0.05) is 9.61 Å². The summed E-state index contributed by atoms with van der Waals surface area (Å²) in [5.41, 5.74) is 10.4. The second-order valence-corrected chi connectivity index (χ2v) is 5.03. The summed E-state index contributed by atoms with van der Waals surface area (Å²) in [7, 11) is 0. The summed E-state index contributed by atoms with van der Waals surface area (Å²) in [6.45, 7) is 2.19. The van der Waals surface area contributed by atoms with Crippen LogP contribution in [0.2, 0.25) is 0 Å². The zero-order valence-electron chi connectivity index (χ0n) is 7.81. The molecule has 1 aliphatic carbocycles. The molecular weight excluding hydrogens is 273 g/mol. The molecule has 0 aromatic heterocycles. The Labute approximate surface area is 92.9 Å². The van der Waals surface area contributed by atoms with Crippen molar-refractivity contribution in [1.29, 1.82) is 0 Å². The SMILES string of the molecule is Cc1cc(I)cc2c1CCCC2N. The smallest absolute Gasteiger partial charge is 0.0298 e. The first-order valence-electron chi connectivity index (χ1n) is 4.73. The summed E-state index contributed by atoms with van der Waals surface area (Å²) in [6, 6.07) is 4.77. The average Bonchev–Trinajstić information content (AvgIpc) is 2.07. The number of rotatable bonds is 0. The molecule has 0 saturated carbocycles. The lowest BCUT2D eigenvalue weighted by molar-refractivity contribution is 0.568. The van der Waals surface area contributed by atoms with Gasteiger partial charge in [0.25, 0.3) is 0 Å². The maximum Gasteiger partial charge on any atom is 0.0298 e. The van der Waals surface area contributed by atoms with Gasteiger partial charge in [-0.25, -0.2) is 0 Å². The standard InChI is InChI=1S/C11H14IN/c1-7-5-8(12)6-10-9(7)3-2-4-11(10)13/h5-6,11H,2-4,13H2,1H3. The first-order valence-corrected chi connectivity index (χ1v) is 5.81. The number of nitrogens with two attached hydrogens (primary N) is 1. The molecule has 1 aromatic carbocycles. The fourth-order valence-corrected chi connectivity index (χ4v) is 2.93. The van der Waals surface area contributed by atoms with Crippen LogP contribution in [0.1, 0.15) is 35.6 Å². The highest BCUT2D eigenvalue weighted by Gasteiger charge is 2.18. The molecule has 0 bridgehead atoms. The van der Waals surface area contributed by atoms with Crippen LogP contribution in [0.15, 0.2) is 12.1 Å². The quantitative estimate of drug-likeness (QED) is 0.729. The van der Waals surface area contributed by atoms with Gasteiger partial charge in [-0.3, -0.25) is 0 Å². The van der Waals surface area contributed by atoms with Gasteiger partial charge in [-0.1, -0.05) is 0 Å². The molecule has 2 N–H and O–H groups in total. The lowest BCUT2D eigenvalue weighted by Gasteiger charge is -2.24. The molecule has 0 radical (unpaired) electrons. The van der Waals surface area contributed by atoms with E-state index in [1.165, 1.54) is 33.1 Å². The van der Waals surface area contributed by atoms with E-state index in [0.717, 1.165) is 6.42 Å². The molecule has 2 rings (SSSR count). The van der Waals surface area contributed by atoms with E-state index in [4.69, 9.17) is 5.73 Å². The molecule has 0 saturated heterocycles. The second kappa shape index (κ2) is 3.58. The van der Waals surface area contributed by atoms with Gasteiger partial charge >= 0.3 is 0 Å². The van der Waals surface area contributed by atoms with Gasteiger partial charge in [0.1, 0.15) is 0 Å². The van der Waals surface area contributed by atoms with Gasteiger partial charge in [0.15, 0.2) is 0 Å². The molecule has 13 heavy (non-hydrogen) atoms. The molecule has 0 aliphatic heterocycles. The van der Waals surface area contributed by atoms with E-state index in [1.807, 2.05) is 0 Å². The molecule has 2 heteroatoms. The van der Waals surface area contributed by atoms with Crippen molar-refractivity contribution in [3.63, 3.8) is 0 Å². The summed E-state index contributed by atoms with van der Waals surface area (Å²) in [5, 5.41) is 0. The lowest BCUT2D eigenvalue weighted by atomic mass is 9.86. The Bertz CT molecular complexity index is 333. The highest BCUT2D eigenvalue weighted by atomic mass is 127. The normalized spacial score (nSPS) is 21.3. The van der Waals surface area contributed by atoms with Crippen molar-refractivity contribution in [2.24, 2.45) is 5.73 Å². The molecule has 0 spiro atoms. The zero-order chi connectivity index (χ0) is 9.42. The van der Waals surface area contributed by atoms with Crippen molar-refractivity contribution in [2.75, 3.05) is 0 Å². The van der Waals surface area contributed by atoms with Crippen LogP contribution in [-0.4, -0.2) is 0 Å². The van der Waals surface area contributed by atoms with Crippen LogP contribution in [0.5, 0.6) is 0 Å². The minimum atomic E-state index is 0.275. The third-order valence-electron chi connectivity index (χ3n) is 2.81. The van der Waals surface area contributed by atoms with Crippen molar-refractivity contribution in [1.82, 2.24) is 0 Å². The van der Waals surface area contributed by atoms with Crippen molar-refractivity contribution in [3.8, 4) is 0 Å². The first kappa shape index (κ1) is 9.46. The van der Waals surface area contributed by atoms with Crippen molar-refractivity contribution < 1.29 is 0 Å². The van der Waals surface area contributed by atoms with Gasteiger partial charge in [-0.15, -0.1) is 0 Å². The van der Waals surface area contributed by atoms with Gasteiger partial charge in [-0.05, 0) is 77.6 Å². The Balaban J connectivity index is 2.56. The van der Waals surface area contributed by atoms with E-state index in [0.29, 0.717) is 0 Å². The predicted molar refractivity (Wildman–Crippen MR) is 63.8 cm³/mol. The largest absolute Gasteiger partial charge is 0.324 e. The van der Waals surface area contributed by atoms with Gasteiger partial charge in [-0.2, -0.15) is 0 Å². The van der Waals surface area contributed by atoms with E-state index >= 15 is 0 Å². The lowest BCUT2D eigenvalue weighted by Crippen LogP contribution is -2.18. The summed E-state index contributed by atoms with van der Waals surface area (Å²) in [5.74, 6) is 0. The van der Waals surface area contributed by atoms with E-state index in [9.17, 15) is 0 Å². The monoisotopic (exact) mass is 287 g/mol. The fourth-order valence-electron chi connectivity index (χ4n) is 2.13.